The van der Waals surface area contributed by atoms with E-state index in [0.717, 1.165) is 19.5 Å². The number of morpholine rings is 1. The van der Waals surface area contributed by atoms with Crippen LogP contribution in [0.5, 0.6) is 0 Å². The number of carbonyl (C=O) groups excluding carboxylic acids is 1. The zero-order chi connectivity index (χ0) is 14.8. The number of aryl methyl sites for hydroxylation is 1. The summed E-state index contributed by atoms with van der Waals surface area (Å²) in [5.74, 6) is 0.0475. The third kappa shape index (κ3) is 2.62. The van der Waals surface area contributed by atoms with Crippen molar-refractivity contribution < 1.29 is 9.53 Å². The van der Waals surface area contributed by atoms with Crippen LogP contribution in [0.2, 0.25) is 5.02 Å². The standard InChI is InChI=1S/C14H22ClN3O2/c1-4-14(3,17-6-8-20-9-7-17)13(19)12-11(15)10-16-18(12)5-2/h10H,4-9H2,1-3H3. The molecule has 1 saturated heterocycles. The molecule has 20 heavy (non-hydrogen) atoms. The van der Waals surface area contributed by atoms with Crippen LogP contribution >= 0.6 is 11.6 Å². The van der Waals surface area contributed by atoms with E-state index in [-0.39, 0.29) is 5.78 Å². The van der Waals surface area contributed by atoms with Gasteiger partial charge in [-0.15, -0.1) is 0 Å². The van der Waals surface area contributed by atoms with E-state index in [4.69, 9.17) is 16.3 Å². The second-order valence-corrected chi connectivity index (χ2v) is 5.62. The maximum absolute atomic E-state index is 13.0. The summed E-state index contributed by atoms with van der Waals surface area (Å²) in [6, 6.07) is 0. The molecule has 112 valence electrons. The third-order valence-corrected chi connectivity index (χ3v) is 4.47. The van der Waals surface area contributed by atoms with Crippen molar-refractivity contribution >= 4 is 17.4 Å². The van der Waals surface area contributed by atoms with Gasteiger partial charge in [-0.25, -0.2) is 0 Å². The van der Waals surface area contributed by atoms with Crippen molar-refractivity contribution in [2.24, 2.45) is 0 Å². The van der Waals surface area contributed by atoms with Crippen LogP contribution < -0.4 is 0 Å². The fourth-order valence-electron chi connectivity index (χ4n) is 2.67. The molecular formula is C14H22ClN3O2. The van der Waals surface area contributed by atoms with Gasteiger partial charge in [0.1, 0.15) is 5.69 Å². The van der Waals surface area contributed by atoms with E-state index in [2.05, 4.69) is 10.00 Å². The highest BCUT2D eigenvalue weighted by molar-refractivity contribution is 6.34. The van der Waals surface area contributed by atoms with Gasteiger partial charge < -0.3 is 4.74 Å². The lowest BCUT2D eigenvalue weighted by Gasteiger charge is -2.41. The molecule has 1 fully saturated rings. The summed E-state index contributed by atoms with van der Waals surface area (Å²) in [7, 11) is 0. The average Bonchev–Trinajstić information content (AvgIpc) is 2.87. The molecule has 1 atom stereocenters. The van der Waals surface area contributed by atoms with Gasteiger partial charge in [0.15, 0.2) is 0 Å². The SMILES string of the molecule is CCn1ncc(Cl)c1C(=O)C(C)(CC)N1CCOCC1. The van der Waals surface area contributed by atoms with Crippen molar-refractivity contribution in [1.82, 2.24) is 14.7 Å². The summed E-state index contributed by atoms with van der Waals surface area (Å²) in [4.78, 5) is 15.2. The van der Waals surface area contributed by atoms with Crippen molar-refractivity contribution in [3.8, 4) is 0 Å². The summed E-state index contributed by atoms with van der Waals surface area (Å²) in [6.45, 7) is 9.50. The van der Waals surface area contributed by atoms with Gasteiger partial charge >= 0.3 is 0 Å². The largest absolute Gasteiger partial charge is 0.379 e. The number of aromatic nitrogens is 2. The monoisotopic (exact) mass is 299 g/mol. The molecule has 1 aromatic heterocycles. The molecule has 1 aliphatic rings. The number of halogens is 1. The van der Waals surface area contributed by atoms with Crippen molar-refractivity contribution in [2.75, 3.05) is 26.3 Å². The highest BCUT2D eigenvalue weighted by atomic mass is 35.5. The molecule has 1 aromatic rings. The van der Waals surface area contributed by atoms with E-state index in [9.17, 15) is 4.79 Å². The molecule has 0 radical (unpaired) electrons. The first-order chi connectivity index (χ1) is 9.54. The molecule has 0 N–H and O–H groups in total. The Labute approximate surface area is 124 Å². The molecule has 2 rings (SSSR count). The van der Waals surface area contributed by atoms with Gasteiger partial charge in [0, 0.05) is 19.6 Å². The number of rotatable bonds is 5. The van der Waals surface area contributed by atoms with Gasteiger partial charge in [-0.3, -0.25) is 14.4 Å². The van der Waals surface area contributed by atoms with Crippen molar-refractivity contribution in [1.29, 1.82) is 0 Å². The van der Waals surface area contributed by atoms with Crippen LogP contribution in [0.3, 0.4) is 0 Å². The normalized spacial score (nSPS) is 19.8. The molecule has 0 spiro atoms. The second-order valence-electron chi connectivity index (χ2n) is 5.21. The lowest BCUT2D eigenvalue weighted by Crippen LogP contribution is -2.56. The number of carbonyl (C=O) groups is 1. The first-order valence-electron chi connectivity index (χ1n) is 7.13. The number of hydrogen-bond donors (Lipinski definition) is 0. The number of nitrogens with zero attached hydrogens (tertiary/aromatic N) is 3. The third-order valence-electron chi connectivity index (χ3n) is 4.20. The summed E-state index contributed by atoms with van der Waals surface area (Å²) in [6.07, 6.45) is 2.28. The molecule has 0 aliphatic carbocycles. The van der Waals surface area contributed by atoms with E-state index in [1.165, 1.54) is 0 Å². The van der Waals surface area contributed by atoms with E-state index in [1.807, 2.05) is 20.8 Å². The summed E-state index contributed by atoms with van der Waals surface area (Å²) < 4.78 is 7.06. The minimum Gasteiger partial charge on any atom is -0.379 e. The zero-order valence-electron chi connectivity index (χ0n) is 12.4. The Bertz CT molecular complexity index is 483. The maximum Gasteiger partial charge on any atom is 0.202 e. The number of ketones is 1. The molecule has 1 unspecified atom stereocenters. The van der Waals surface area contributed by atoms with Crippen LogP contribution in [-0.4, -0.2) is 52.3 Å². The Balaban J connectivity index is 2.34. The Hall–Kier alpha value is -0.910. The zero-order valence-corrected chi connectivity index (χ0v) is 13.1. The van der Waals surface area contributed by atoms with Crippen LogP contribution in [0.15, 0.2) is 6.20 Å². The van der Waals surface area contributed by atoms with Gasteiger partial charge in [-0.05, 0) is 20.3 Å². The van der Waals surface area contributed by atoms with Gasteiger partial charge in [0.05, 0.1) is 30.0 Å². The second kappa shape index (κ2) is 6.24. The van der Waals surface area contributed by atoms with Gasteiger partial charge in [-0.1, -0.05) is 18.5 Å². The molecule has 0 saturated carbocycles. The summed E-state index contributed by atoms with van der Waals surface area (Å²) in [5.41, 5.74) is -0.0367. The molecule has 6 heteroatoms. The van der Waals surface area contributed by atoms with Crippen molar-refractivity contribution in [3.63, 3.8) is 0 Å². The number of ether oxygens (including phenoxy) is 1. The highest BCUT2D eigenvalue weighted by Crippen LogP contribution is 2.28. The topological polar surface area (TPSA) is 47.4 Å². The number of hydrogen-bond acceptors (Lipinski definition) is 4. The Morgan fingerprint density at radius 2 is 2.10 bits per heavy atom. The fraction of sp³-hybridized carbons (Fsp3) is 0.714. The Morgan fingerprint density at radius 3 is 2.65 bits per heavy atom. The molecule has 2 heterocycles. The number of Topliss-reactive ketones (excluding diaryl/α,β-unsaturated/α-hetero) is 1. The predicted octanol–water partition coefficient (Wildman–Crippen LogP) is 2.24. The first kappa shape index (κ1) is 15.5. The van der Waals surface area contributed by atoms with E-state index >= 15 is 0 Å². The summed E-state index contributed by atoms with van der Waals surface area (Å²) >= 11 is 6.17. The van der Waals surface area contributed by atoms with Crippen LogP contribution in [0.4, 0.5) is 0 Å². The Kier molecular flexibility index (Phi) is 4.83. The lowest BCUT2D eigenvalue weighted by molar-refractivity contribution is -0.0110. The lowest BCUT2D eigenvalue weighted by atomic mass is 9.88. The van der Waals surface area contributed by atoms with E-state index in [1.54, 1.807) is 10.9 Å². The summed E-state index contributed by atoms with van der Waals surface area (Å²) in [5, 5.41) is 4.60. The van der Waals surface area contributed by atoms with Gasteiger partial charge in [-0.2, -0.15) is 5.10 Å². The van der Waals surface area contributed by atoms with Crippen molar-refractivity contribution in [2.45, 2.75) is 39.3 Å². The molecule has 0 aromatic carbocycles. The minimum absolute atomic E-state index is 0.0475. The van der Waals surface area contributed by atoms with Crippen LogP contribution in [0, 0.1) is 0 Å². The Morgan fingerprint density at radius 1 is 1.45 bits per heavy atom. The molecule has 0 bridgehead atoms. The van der Waals surface area contributed by atoms with Crippen molar-refractivity contribution in [3.05, 3.63) is 16.9 Å². The quantitative estimate of drug-likeness (QED) is 0.782. The predicted molar refractivity (Wildman–Crippen MR) is 78.3 cm³/mol. The maximum atomic E-state index is 13.0. The first-order valence-corrected chi connectivity index (χ1v) is 7.51. The van der Waals surface area contributed by atoms with E-state index in [0.29, 0.717) is 30.5 Å². The van der Waals surface area contributed by atoms with Crippen LogP contribution in [0.25, 0.3) is 0 Å². The smallest absolute Gasteiger partial charge is 0.202 e. The molecule has 5 nitrogen and oxygen atoms in total. The molecule has 0 amide bonds. The average molecular weight is 300 g/mol. The molecular weight excluding hydrogens is 278 g/mol. The van der Waals surface area contributed by atoms with Crippen LogP contribution in [-0.2, 0) is 11.3 Å². The minimum atomic E-state index is -0.555. The van der Waals surface area contributed by atoms with Gasteiger partial charge in [0.25, 0.3) is 0 Å². The van der Waals surface area contributed by atoms with Crippen LogP contribution in [0.1, 0.15) is 37.7 Å². The van der Waals surface area contributed by atoms with Gasteiger partial charge in [0.2, 0.25) is 5.78 Å². The molecule has 1 aliphatic heterocycles. The fourth-order valence-corrected chi connectivity index (χ4v) is 2.89. The van der Waals surface area contributed by atoms with E-state index < -0.39 is 5.54 Å². The highest BCUT2D eigenvalue weighted by Gasteiger charge is 2.41.